The summed E-state index contributed by atoms with van der Waals surface area (Å²) in [6.45, 7) is 9.50. The number of para-hydroxylation sites is 1. The summed E-state index contributed by atoms with van der Waals surface area (Å²) in [5.41, 5.74) is 13.0. The van der Waals surface area contributed by atoms with Crippen LogP contribution in [0.5, 0.6) is 5.75 Å². The molecule has 0 aliphatic carbocycles. The summed E-state index contributed by atoms with van der Waals surface area (Å²) in [5.74, 6) is -19.6. The van der Waals surface area contributed by atoms with Crippen LogP contribution in [0.15, 0.2) is 67.3 Å². The number of carboxylic acid groups (broad SMARTS) is 2. The molecular formula is C74H110N20O22. The Morgan fingerprint density at radius 3 is 1.49 bits per heavy atom. The lowest BCUT2D eigenvalue weighted by molar-refractivity contribution is -0.142. The van der Waals surface area contributed by atoms with Gasteiger partial charge < -0.3 is 127 Å². The molecule has 0 bridgehead atoms. The van der Waals surface area contributed by atoms with Gasteiger partial charge in [-0.3, -0.25) is 81.5 Å². The molecule has 42 heteroatoms. The molecule has 0 aliphatic heterocycles. The zero-order valence-electron chi connectivity index (χ0n) is 66.0. The number of aliphatic hydroxyl groups is 2. The number of aromatic hydroxyl groups is 1. The van der Waals surface area contributed by atoms with Crippen molar-refractivity contribution in [3.05, 3.63) is 84.1 Å². The first kappa shape index (κ1) is 96.2. The molecule has 0 saturated carbocycles. The molecular weight excluding hydrogens is 1520 g/mol. The van der Waals surface area contributed by atoms with Gasteiger partial charge in [0.15, 0.2) is 0 Å². The van der Waals surface area contributed by atoms with Crippen LogP contribution in [-0.2, 0) is 101 Å². The maximum Gasteiger partial charge on any atom is 0.325 e. The van der Waals surface area contributed by atoms with Crippen molar-refractivity contribution in [1.29, 1.82) is 0 Å². The molecule has 0 saturated heterocycles. The van der Waals surface area contributed by atoms with Crippen LogP contribution in [0, 0.1) is 17.8 Å². The van der Waals surface area contributed by atoms with Gasteiger partial charge in [-0.25, -0.2) is 4.98 Å². The highest BCUT2D eigenvalue weighted by Gasteiger charge is 2.38. The third-order valence-corrected chi connectivity index (χ3v) is 18.7. The number of imidazole rings is 1. The van der Waals surface area contributed by atoms with E-state index < -0.39 is 236 Å². The van der Waals surface area contributed by atoms with Gasteiger partial charge in [-0.1, -0.05) is 84.7 Å². The molecule has 15 atom stereocenters. The normalized spacial score (nSPS) is 15.0. The van der Waals surface area contributed by atoms with Gasteiger partial charge >= 0.3 is 11.9 Å². The highest BCUT2D eigenvalue weighted by Crippen LogP contribution is 2.21. The Bertz CT molecular complexity index is 4050. The van der Waals surface area contributed by atoms with Crippen LogP contribution in [-0.4, -0.2) is 259 Å². The Morgan fingerprint density at radius 1 is 0.448 bits per heavy atom. The summed E-state index contributed by atoms with van der Waals surface area (Å²) >= 11 is 0. The maximum atomic E-state index is 14.4. The summed E-state index contributed by atoms with van der Waals surface area (Å²) in [4.78, 5) is 239. The predicted molar refractivity (Wildman–Crippen MR) is 414 cm³/mol. The number of aromatic amines is 2. The van der Waals surface area contributed by atoms with Crippen molar-refractivity contribution < 1.29 is 107 Å². The second-order valence-corrected chi connectivity index (χ2v) is 28.2. The number of carboxylic acids is 2. The van der Waals surface area contributed by atoms with Crippen LogP contribution >= 0.6 is 0 Å². The molecule has 0 fully saturated rings. The monoisotopic (exact) mass is 1630 g/mol. The molecule has 42 nitrogen and oxygen atoms in total. The fraction of sp³-hybridized carbons (Fsp3) is 0.541. The first-order valence-corrected chi connectivity index (χ1v) is 37.7. The lowest BCUT2D eigenvalue weighted by Gasteiger charge is -2.29. The van der Waals surface area contributed by atoms with Gasteiger partial charge in [-0.2, -0.15) is 0 Å². The van der Waals surface area contributed by atoms with E-state index >= 15 is 0 Å². The van der Waals surface area contributed by atoms with Crippen molar-refractivity contribution in [3.8, 4) is 5.75 Å². The van der Waals surface area contributed by atoms with Crippen LogP contribution in [0.3, 0.4) is 0 Å². The SMILES string of the molecule is CC[C@H](C)[C@H](NC(=O)[C@H](Cc1ccc(O)cc1)NC(=O)[C@H](C)NC(=O)CNC(=O)[C@H](C)NC(=O)[C@@H](NC(=O)[C@H](CO)NC(=O)CN)[C@@H](C)CC)C(=O)NCC(=O)N[C@@H](CC(=O)O)C(=O)N[C@@H](CCCCN)C(=O)N[C@H](C(=O)N[C@@H](Cc1cnc[nH]1)C(=O)N[C@@H](CO)C(=O)N[C@@H](Cc1c[nH]c2ccccc12)C(=O)N[C@@H](C)C(=O)O)C(C)C. The third-order valence-electron chi connectivity index (χ3n) is 18.7. The van der Waals surface area contributed by atoms with Crippen LogP contribution in [0.4, 0.5) is 0 Å². The van der Waals surface area contributed by atoms with Gasteiger partial charge in [0.2, 0.25) is 88.6 Å². The van der Waals surface area contributed by atoms with Gasteiger partial charge in [-0.15, -0.1) is 0 Å². The number of phenolic OH excluding ortho intramolecular Hbond substituents is 1. The molecule has 0 unspecified atom stereocenters. The molecule has 2 heterocycles. The lowest BCUT2D eigenvalue weighted by atomic mass is 9.97. The minimum Gasteiger partial charge on any atom is -0.508 e. The van der Waals surface area contributed by atoms with E-state index in [0.717, 1.165) is 0 Å². The first-order valence-electron chi connectivity index (χ1n) is 37.7. The van der Waals surface area contributed by atoms with Crippen LogP contribution in [0.1, 0.15) is 118 Å². The van der Waals surface area contributed by atoms with Crippen molar-refractivity contribution >= 4 is 111 Å². The molecule has 116 heavy (non-hydrogen) atoms. The molecule has 4 aromatic rings. The highest BCUT2D eigenvalue weighted by molar-refractivity contribution is 6.01. The molecule has 638 valence electrons. The minimum atomic E-state index is -1.94. The summed E-state index contributed by atoms with van der Waals surface area (Å²) in [5, 5.41) is 86.7. The van der Waals surface area contributed by atoms with E-state index in [0.29, 0.717) is 34.9 Å². The molecule has 0 aliphatic rings. The van der Waals surface area contributed by atoms with E-state index in [9.17, 15) is 107 Å². The number of aromatic nitrogens is 3. The lowest BCUT2D eigenvalue weighted by Crippen LogP contribution is -2.61. The molecule has 0 radical (unpaired) electrons. The number of amides is 15. The number of hydrogen-bond donors (Lipinski definition) is 24. The number of rotatable bonds is 50. The second kappa shape index (κ2) is 48.1. The molecule has 2 aromatic carbocycles. The topological polar surface area (TPSA) is 668 Å². The number of fused-ring (bicyclic) bond motifs is 1. The standard InChI is InChI=1S/C74H110N20O22/c1-10-37(5)60(93-68(109)49(24-42-19-21-45(97)22-20-42)88-63(104)40(8)82-56(99)31-79-62(103)39(7)83-73(114)61(38(6)11-2)94-70(111)53(33-95)86-55(98)28-76)71(112)80-32-57(100)85-52(27-58(101)102)67(108)87-48(18-14-15-23-75)64(105)92-59(36(3)4)72(113)90-51(26-44-30-77-35-81-44)66(107)91-54(34-96)69(110)89-50(65(106)84-41(9)74(115)116)25-43-29-78-47-17-13-12-16-46(43)47/h12-13,16-17,19-22,29-30,35-41,48-54,59-61,78,95-97H,10-11,14-15,18,23-28,31-34,75-76H2,1-9H3,(H,77,81)(H,79,103)(H,80,112)(H,82,99)(H,83,114)(H,84,106)(H,85,100)(H,86,98)(H,87,108)(H,88,104)(H,89,110)(H,90,113)(H,91,107)(H,92,105)(H,93,109)(H,94,111)(H,101,102)(H,115,116)/t37-,38-,39-,40-,41-,48-,49-,50-,51-,52-,53-,54-,59-,60-,61-/m0/s1. The van der Waals surface area contributed by atoms with E-state index in [4.69, 9.17) is 11.5 Å². The van der Waals surface area contributed by atoms with E-state index in [2.05, 4.69) is 94.7 Å². The first-order chi connectivity index (χ1) is 54.9. The van der Waals surface area contributed by atoms with Gasteiger partial charge in [-0.05, 0) is 93.7 Å². The zero-order valence-corrected chi connectivity index (χ0v) is 66.0. The fourth-order valence-corrected chi connectivity index (χ4v) is 11.4. The Morgan fingerprint density at radius 2 is 0.914 bits per heavy atom. The number of carbonyl (C=O) groups excluding carboxylic acids is 15. The molecule has 4 rings (SSSR count). The quantitative estimate of drug-likeness (QED) is 0.0183. The van der Waals surface area contributed by atoms with E-state index in [1.807, 2.05) is 0 Å². The smallest absolute Gasteiger partial charge is 0.325 e. The molecule has 0 spiro atoms. The minimum absolute atomic E-state index is 0.123. The number of H-pyrrole nitrogens is 2. The average molecular weight is 1630 g/mol. The van der Waals surface area contributed by atoms with Crippen molar-refractivity contribution in [2.45, 2.75) is 199 Å². The number of unbranched alkanes of at least 4 members (excludes halogenated alkanes) is 1. The number of phenols is 1. The van der Waals surface area contributed by atoms with Gasteiger partial charge in [0.1, 0.15) is 84.3 Å². The summed E-state index contributed by atoms with van der Waals surface area (Å²) in [6, 6.07) is -7.09. The average Bonchev–Trinajstić information content (AvgIpc) is 1.66. The predicted octanol–water partition coefficient (Wildman–Crippen LogP) is -6.40. The largest absolute Gasteiger partial charge is 0.508 e. The number of carbonyl (C=O) groups is 17. The number of nitrogens with one attached hydrogen (secondary N) is 17. The third kappa shape index (κ3) is 31.3. The van der Waals surface area contributed by atoms with E-state index in [1.165, 1.54) is 71.4 Å². The van der Waals surface area contributed by atoms with Crippen LogP contribution in [0.25, 0.3) is 10.9 Å². The number of aliphatic carboxylic acids is 2. The van der Waals surface area contributed by atoms with Crippen LogP contribution in [0.2, 0.25) is 0 Å². The number of benzene rings is 2. The Labute approximate surface area is 667 Å². The Balaban J connectivity index is 1.45. The Hall–Kier alpha value is -12.2. The highest BCUT2D eigenvalue weighted by atomic mass is 16.4. The van der Waals surface area contributed by atoms with Crippen molar-refractivity contribution in [3.63, 3.8) is 0 Å². The molecule has 2 aromatic heterocycles. The van der Waals surface area contributed by atoms with Gasteiger partial charge in [0, 0.05) is 48.3 Å². The Kier molecular flexibility index (Phi) is 39.9. The van der Waals surface area contributed by atoms with Crippen LogP contribution < -0.4 is 91.2 Å². The molecule has 15 amide bonds. The number of nitrogens with zero attached hydrogens (tertiary/aromatic N) is 1. The van der Waals surface area contributed by atoms with Crippen molar-refractivity contribution in [1.82, 2.24) is 94.7 Å². The number of hydrogen-bond acceptors (Lipinski definition) is 23. The van der Waals surface area contributed by atoms with Crippen molar-refractivity contribution in [2.24, 2.45) is 29.2 Å². The van der Waals surface area contributed by atoms with Gasteiger partial charge in [0.25, 0.3) is 0 Å². The zero-order chi connectivity index (χ0) is 86.6. The second-order valence-electron chi connectivity index (χ2n) is 28.2. The van der Waals surface area contributed by atoms with Crippen molar-refractivity contribution in [2.75, 3.05) is 39.4 Å². The molecule has 26 N–H and O–H groups in total. The van der Waals surface area contributed by atoms with E-state index in [-0.39, 0.29) is 56.5 Å². The summed E-state index contributed by atoms with van der Waals surface area (Å²) in [6.07, 6.45) is 3.23. The number of nitrogens with two attached hydrogens (primary N) is 2. The fourth-order valence-electron chi connectivity index (χ4n) is 11.4. The summed E-state index contributed by atoms with van der Waals surface area (Å²) in [7, 11) is 0. The number of aliphatic hydroxyl groups excluding tert-OH is 2. The van der Waals surface area contributed by atoms with Gasteiger partial charge in [0.05, 0.1) is 45.6 Å². The van der Waals surface area contributed by atoms with E-state index in [1.54, 1.807) is 58.2 Å². The summed E-state index contributed by atoms with van der Waals surface area (Å²) < 4.78 is 0. The maximum absolute atomic E-state index is 14.4.